The Hall–Kier alpha value is -2.08. The molecule has 0 radical (unpaired) electrons. The Labute approximate surface area is 113 Å². The molecule has 0 aliphatic carbocycles. The summed E-state index contributed by atoms with van der Waals surface area (Å²) in [5, 5.41) is 7.15. The maximum Gasteiger partial charge on any atom is 0.347 e. The molecule has 2 heterocycles. The topological polar surface area (TPSA) is 63.1 Å². The fourth-order valence-electron chi connectivity index (χ4n) is 1.91. The van der Waals surface area contributed by atoms with Crippen LogP contribution in [0.4, 0.5) is 0 Å². The minimum atomic E-state index is -0.250. The van der Waals surface area contributed by atoms with Crippen LogP contribution < -0.4 is 5.69 Å². The standard InChI is InChI=1S/C13H12N4OS/c1-8-3-4-10(9(2)7-8)19-12-11-15-16-13(18)17(11)6-5-14-12/h3-7H,1-2H3,(H,16,18). The van der Waals surface area contributed by atoms with E-state index in [1.807, 2.05) is 0 Å². The monoisotopic (exact) mass is 272 g/mol. The van der Waals surface area contributed by atoms with Crippen molar-refractivity contribution >= 4 is 17.4 Å². The summed E-state index contributed by atoms with van der Waals surface area (Å²) >= 11 is 1.51. The van der Waals surface area contributed by atoms with Gasteiger partial charge in [0.1, 0.15) is 5.03 Å². The summed E-state index contributed by atoms with van der Waals surface area (Å²) in [6.45, 7) is 4.12. The van der Waals surface area contributed by atoms with Crippen molar-refractivity contribution in [3.05, 3.63) is 52.2 Å². The number of aryl methyl sites for hydroxylation is 2. The van der Waals surface area contributed by atoms with Crippen molar-refractivity contribution < 1.29 is 0 Å². The smallest absolute Gasteiger partial charge is 0.247 e. The zero-order valence-electron chi connectivity index (χ0n) is 10.5. The summed E-state index contributed by atoms with van der Waals surface area (Å²) in [5.74, 6) is 0. The maximum absolute atomic E-state index is 11.5. The van der Waals surface area contributed by atoms with Gasteiger partial charge in [0.05, 0.1) is 0 Å². The summed E-state index contributed by atoms with van der Waals surface area (Å²) in [6, 6.07) is 6.25. The highest BCUT2D eigenvalue weighted by Gasteiger charge is 2.10. The molecule has 19 heavy (non-hydrogen) atoms. The van der Waals surface area contributed by atoms with Gasteiger partial charge in [0.15, 0.2) is 5.65 Å². The lowest BCUT2D eigenvalue weighted by Crippen LogP contribution is -2.08. The van der Waals surface area contributed by atoms with Crippen LogP contribution in [-0.2, 0) is 0 Å². The predicted octanol–water partition coefficient (Wildman–Crippen LogP) is 2.19. The third-order valence-corrected chi connectivity index (χ3v) is 4.00. The fraction of sp³-hybridized carbons (Fsp3) is 0.154. The van der Waals surface area contributed by atoms with E-state index in [1.165, 1.54) is 27.3 Å². The number of aromatic nitrogens is 4. The molecule has 3 rings (SSSR count). The summed E-state index contributed by atoms with van der Waals surface area (Å²) in [7, 11) is 0. The fourth-order valence-corrected chi connectivity index (χ4v) is 2.82. The van der Waals surface area contributed by atoms with E-state index >= 15 is 0 Å². The van der Waals surface area contributed by atoms with E-state index in [1.54, 1.807) is 12.4 Å². The van der Waals surface area contributed by atoms with E-state index in [0.29, 0.717) is 10.7 Å². The van der Waals surface area contributed by atoms with Crippen LogP contribution in [0.2, 0.25) is 0 Å². The zero-order valence-corrected chi connectivity index (χ0v) is 11.4. The van der Waals surface area contributed by atoms with Gasteiger partial charge in [0, 0.05) is 17.3 Å². The van der Waals surface area contributed by atoms with Crippen LogP contribution >= 0.6 is 11.8 Å². The first kappa shape index (κ1) is 12.0. The minimum Gasteiger partial charge on any atom is -0.247 e. The third-order valence-electron chi connectivity index (χ3n) is 2.84. The van der Waals surface area contributed by atoms with Crippen LogP contribution in [0.1, 0.15) is 11.1 Å². The van der Waals surface area contributed by atoms with Crippen molar-refractivity contribution in [1.29, 1.82) is 0 Å². The molecule has 0 aliphatic rings. The molecule has 2 aromatic heterocycles. The Bertz CT molecular complexity index is 806. The van der Waals surface area contributed by atoms with Crippen LogP contribution in [0, 0.1) is 13.8 Å². The van der Waals surface area contributed by atoms with Crippen LogP contribution in [0.3, 0.4) is 0 Å². The molecule has 0 atom stereocenters. The van der Waals surface area contributed by atoms with Crippen molar-refractivity contribution in [2.24, 2.45) is 0 Å². The van der Waals surface area contributed by atoms with E-state index < -0.39 is 0 Å². The first-order valence-corrected chi connectivity index (χ1v) is 6.63. The third kappa shape index (κ3) is 2.15. The van der Waals surface area contributed by atoms with Gasteiger partial charge < -0.3 is 0 Å². The van der Waals surface area contributed by atoms with Gasteiger partial charge in [-0.1, -0.05) is 29.5 Å². The largest absolute Gasteiger partial charge is 0.347 e. The first-order valence-electron chi connectivity index (χ1n) is 5.82. The van der Waals surface area contributed by atoms with Crippen molar-refractivity contribution in [3.63, 3.8) is 0 Å². The minimum absolute atomic E-state index is 0.250. The number of nitrogens with one attached hydrogen (secondary N) is 1. The molecule has 0 bridgehead atoms. The van der Waals surface area contributed by atoms with Crippen LogP contribution in [0.5, 0.6) is 0 Å². The molecule has 1 aromatic carbocycles. The van der Waals surface area contributed by atoms with E-state index in [-0.39, 0.29) is 5.69 Å². The second-order valence-electron chi connectivity index (χ2n) is 4.33. The predicted molar refractivity (Wildman–Crippen MR) is 73.6 cm³/mol. The highest BCUT2D eigenvalue weighted by Crippen LogP contribution is 2.30. The molecule has 1 N–H and O–H groups in total. The molecule has 3 aromatic rings. The van der Waals surface area contributed by atoms with Crippen molar-refractivity contribution in [3.8, 4) is 0 Å². The van der Waals surface area contributed by atoms with Crippen molar-refractivity contribution in [2.75, 3.05) is 0 Å². The lowest BCUT2D eigenvalue weighted by atomic mass is 10.2. The second kappa shape index (κ2) is 4.55. The molecular weight excluding hydrogens is 260 g/mol. The number of hydrogen-bond acceptors (Lipinski definition) is 4. The Kier molecular flexibility index (Phi) is 2.87. The highest BCUT2D eigenvalue weighted by molar-refractivity contribution is 7.99. The van der Waals surface area contributed by atoms with Crippen molar-refractivity contribution in [1.82, 2.24) is 19.6 Å². The van der Waals surface area contributed by atoms with Gasteiger partial charge in [-0.3, -0.25) is 0 Å². The average molecular weight is 272 g/mol. The van der Waals surface area contributed by atoms with Gasteiger partial charge in [0.2, 0.25) is 0 Å². The summed E-state index contributed by atoms with van der Waals surface area (Å²) in [5.41, 5.74) is 2.72. The normalized spacial score (nSPS) is 11.1. The molecule has 5 nitrogen and oxygen atoms in total. The van der Waals surface area contributed by atoms with Crippen LogP contribution in [0.25, 0.3) is 5.65 Å². The molecule has 96 valence electrons. The van der Waals surface area contributed by atoms with Crippen LogP contribution in [-0.4, -0.2) is 19.6 Å². The SMILES string of the molecule is Cc1ccc(Sc2nccn3c(=O)[nH]nc23)c(C)c1. The van der Waals surface area contributed by atoms with Gasteiger partial charge >= 0.3 is 5.69 Å². The maximum atomic E-state index is 11.5. The number of nitrogens with zero attached hydrogens (tertiary/aromatic N) is 3. The summed E-state index contributed by atoms with van der Waals surface area (Å²) in [6.07, 6.45) is 3.21. The number of fused-ring (bicyclic) bond motifs is 1. The van der Waals surface area contributed by atoms with E-state index in [4.69, 9.17) is 0 Å². The van der Waals surface area contributed by atoms with Gasteiger partial charge in [-0.25, -0.2) is 19.3 Å². The van der Waals surface area contributed by atoms with Gasteiger partial charge in [-0.15, -0.1) is 5.10 Å². The Balaban J connectivity index is 2.08. The lowest BCUT2D eigenvalue weighted by molar-refractivity contribution is 0.999. The van der Waals surface area contributed by atoms with E-state index in [9.17, 15) is 4.79 Å². The molecular formula is C13H12N4OS. The Morgan fingerprint density at radius 1 is 1.32 bits per heavy atom. The number of benzene rings is 1. The number of hydrogen-bond donors (Lipinski definition) is 1. The zero-order chi connectivity index (χ0) is 13.4. The Morgan fingerprint density at radius 3 is 2.95 bits per heavy atom. The molecule has 0 unspecified atom stereocenters. The Morgan fingerprint density at radius 2 is 2.16 bits per heavy atom. The van der Waals surface area contributed by atoms with Gasteiger partial charge in [-0.05, 0) is 25.5 Å². The number of H-pyrrole nitrogens is 1. The second-order valence-corrected chi connectivity index (χ2v) is 5.36. The molecule has 0 aliphatic heterocycles. The highest BCUT2D eigenvalue weighted by atomic mass is 32.2. The number of rotatable bonds is 2. The van der Waals surface area contributed by atoms with E-state index in [0.717, 1.165) is 4.90 Å². The first-order chi connectivity index (χ1) is 9.15. The molecule has 0 amide bonds. The molecule has 0 saturated carbocycles. The van der Waals surface area contributed by atoms with Gasteiger partial charge in [-0.2, -0.15) is 0 Å². The summed E-state index contributed by atoms with van der Waals surface area (Å²) in [4.78, 5) is 16.9. The van der Waals surface area contributed by atoms with E-state index in [2.05, 4.69) is 47.2 Å². The average Bonchev–Trinajstić information content (AvgIpc) is 2.76. The van der Waals surface area contributed by atoms with Crippen molar-refractivity contribution in [2.45, 2.75) is 23.8 Å². The molecule has 0 spiro atoms. The van der Waals surface area contributed by atoms with Gasteiger partial charge in [0.25, 0.3) is 0 Å². The number of aromatic amines is 1. The quantitative estimate of drug-likeness (QED) is 0.776. The lowest BCUT2D eigenvalue weighted by Gasteiger charge is -2.06. The summed E-state index contributed by atoms with van der Waals surface area (Å²) < 4.78 is 1.46. The van der Waals surface area contributed by atoms with Crippen LogP contribution in [0.15, 0.2) is 45.3 Å². The molecule has 0 fully saturated rings. The molecule has 6 heteroatoms. The molecule has 0 saturated heterocycles.